The van der Waals surface area contributed by atoms with E-state index < -0.39 is 0 Å². The van der Waals surface area contributed by atoms with Crippen LogP contribution in [0.25, 0.3) is 0 Å². The third kappa shape index (κ3) is 5.38. The first-order valence-electron chi connectivity index (χ1n) is 7.85. The third-order valence-corrected chi connectivity index (χ3v) is 3.42. The van der Waals surface area contributed by atoms with Crippen LogP contribution in [-0.2, 0) is 4.74 Å². The minimum atomic E-state index is 0.0716. The molecule has 1 rings (SSSR count). The maximum atomic E-state index is 12.5. The molecule has 0 saturated carbocycles. The van der Waals surface area contributed by atoms with Crippen LogP contribution >= 0.6 is 0 Å². The fraction of sp³-hybridized carbons (Fsp3) is 0.588. The number of hydrogen-bond donors (Lipinski definition) is 1. The summed E-state index contributed by atoms with van der Waals surface area (Å²) in [5.41, 5.74) is 2.95. The van der Waals surface area contributed by atoms with Crippen molar-refractivity contribution in [3.05, 3.63) is 29.3 Å². The van der Waals surface area contributed by atoms with Gasteiger partial charge in [0.05, 0.1) is 6.61 Å². The Labute approximate surface area is 128 Å². The van der Waals surface area contributed by atoms with Crippen molar-refractivity contribution in [2.24, 2.45) is 0 Å². The molecule has 1 amide bonds. The highest BCUT2D eigenvalue weighted by Gasteiger charge is 2.14. The summed E-state index contributed by atoms with van der Waals surface area (Å²) >= 11 is 0. The second-order valence-electron chi connectivity index (χ2n) is 5.04. The van der Waals surface area contributed by atoms with Gasteiger partial charge in [-0.05, 0) is 51.0 Å². The van der Waals surface area contributed by atoms with Gasteiger partial charge >= 0.3 is 0 Å². The standard InChI is InChI=1S/C17H28N2O2/c1-5-10-18-16-9-8-15(13-14(16)4)17(20)19(6-2)11-12-21-7-3/h8-9,13,18H,5-7,10-12H2,1-4H3. The second kappa shape index (κ2) is 9.40. The van der Waals surface area contributed by atoms with Crippen LogP contribution in [0.2, 0.25) is 0 Å². The van der Waals surface area contributed by atoms with Crippen LogP contribution in [-0.4, -0.2) is 43.7 Å². The normalized spacial score (nSPS) is 10.5. The van der Waals surface area contributed by atoms with E-state index in [1.807, 2.05) is 43.9 Å². The molecule has 4 heteroatoms. The number of likely N-dealkylation sites (N-methyl/N-ethyl adjacent to an activating group) is 1. The van der Waals surface area contributed by atoms with Gasteiger partial charge in [-0.3, -0.25) is 4.79 Å². The molecule has 0 bridgehead atoms. The number of carbonyl (C=O) groups excluding carboxylic acids is 1. The minimum absolute atomic E-state index is 0.0716. The third-order valence-electron chi connectivity index (χ3n) is 3.42. The van der Waals surface area contributed by atoms with Crippen molar-refractivity contribution < 1.29 is 9.53 Å². The van der Waals surface area contributed by atoms with E-state index in [9.17, 15) is 4.79 Å². The number of carbonyl (C=O) groups is 1. The molecule has 1 aromatic rings. The summed E-state index contributed by atoms with van der Waals surface area (Å²) in [6.07, 6.45) is 1.08. The maximum absolute atomic E-state index is 12.5. The van der Waals surface area contributed by atoms with Gasteiger partial charge in [0.25, 0.3) is 5.91 Å². The van der Waals surface area contributed by atoms with E-state index in [-0.39, 0.29) is 5.91 Å². The van der Waals surface area contributed by atoms with E-state index in [2.05, 4.69) is 12.2 Å². The molecule has 0 heterocycles. The molecular formula is C17H28N2O2. The summed E-state index contributed by atoms with van der Waals surface area (Å²) in [5, 5.41) is 3.37. The number of nitrogens with zero attached hydrogens (tertiary/aromatic N) is 1. The monoisotopic (exact) mass is 292 g/mol. The van der Waals surface area contributed by atoms with Crippen LogP contribution in [0.1, 0.15) is 43.1 Å². The molecule has 0 aliphatic rings. The Hall–Kier alpha value is -1.55. The van der Waals surface area contributed by atoms with E-state index in [0.717, 1.165) is 29.8 Å². The van der Waals surface area contributed by atoms with Gasteiger partial charge in [-0.2, -0.15) is 0 Å². The lowest BCUT2D eigenvalue weighted by molar-refractivity contribution is 0.0669. The van der Waals surface area contributed by atoms with Gasteiger partial charge in [0.2, 0.25) is 0 Å². The molecule has 4 nitrogen and oxygen atoms in total. The van der Waals surface area contributed by atoms with Crippen LogP contribution in [0.3, 0.4) is 0 Å². The van der Waals surface area contributed by atoms with Gasteiger partial charge in [-0.25, -0.2) is 0 Å². The summed E-state index contributed by atoms with van der Waals surface area (Å²) < 4.78 is 5.34. The number of rotatable bonds is 9. The fourth-order valence-electron chi connectivity index (χ4n) is 2.16. The van der Waals surface area contributed by atoms with E-state index in [4.69, 9.17) is 4.74 Å². The molecule has 0 aliphatic heterocycles. The average molecular weight is 292 g/mol. The highest BCUT2D eigenvalue weighted by Crippen LogP contribution is 2.17. The Balaban J connectivity index is 2.74. The molecule has 118 valence electrons. The fourth-order valence-corrected chi connectivity index (χ4v) is 2.16. The van der Waals surface area contributed by atoms with E-state index >= 15 is 0 Å². The Morgan fingerprint density at radius 1 is 1.29 bits per heavy atom. The van der Waals surface area contributed by atoms with Crippen molar-refractivity contribution in [2.75, 3.05) is 38.2 Å². The molecule has 1 aromatic carbocycles. The first-order valence-corrected chi connectivity index (χ1v) is 7.85. The number of anilines is 1. The first-order chi connectivity index (χ1) is 10.1. The highest BCUT2D eigenvalue weighted by molar-refractivity contribution is 5.95. The summed E-state index contributed by atoms with van der Waals surface area (Å²) in [4.78, 5) is 14.3. The number of aryl methyl sites for hydroxylation is 1. The van der Waals surface area contributed by atoms with Crippen molar-refractivity contribution >= 4 is 11.6 Å². The SMILES string of the molecule is CCCNc1ccc(C(=O)N(CC)CCOCC)cc1C. The predicted molar refractivity (Wildman–Crippen MR) is 88.0 cm³/mol. The van der Waals surface area contributed by atoms with Gasteiger partial charge in [0.1, 0.15) is 0 Å². The molecule has 0 radical (unpaired) electrons. The van der Waals surface area contributed by atoms with E-state index in [0.29, 0.717) is 26.3 Å². The molecular weight excluding hydrogens is 264 g/mol. The van der Waals surface area contributed by atoms with Crippen LogP contribution < -0.4 is 5.32 Å². The van der Waals surface area contributed by atoms with E-state index in [1.165, 1.54) is 0 Å². The number of hydrogen-bond acceptors (Lipinski definition) is 3. The quantitative estimate of drug-likeness (QED) is 0.710. The van der Waals surface area contributed by atoms with Crippen LogP contribution in [0.15, 0.2) is 18.2 Å². The Morgan fingerprint density at radius 2 is 2.05 bits per heavy atom. The zero-order chi connectivity index (χ0) is 15.7. The molecule has 0 aromatic heterocycles. The molecule has 21 heavy (non-hydrogen) atoms. The van der Waals surface area contributed by atoms with Crippen LogP contribution in [0.5, 0.6) is 0 Å². The van der Waals surface area contributed by atoms with Gasteiger partial charge in [-0.15, -0.1) is 0 Å². The topological polar surface area (TPSA) is 41.6 Å². The number of nitrogens with one attached hydrogen (secondary N) is 1. The van der Waals surface area contributed by atoms with Crippen molar-refractivity contribution in [2.45, 2.75) is 34.1 Å². The highest BCUT2D eigenvalue weighted by atomic mass is 16.5. The van der Waals surface area contributed by atoms with Gasteiger partial charge in [0.15, 0.2) is 0 Å². The zero-order valence-electron chi connectivity index (χ0n) is 13.7. The largest absolute Gasteiger partial charge is 0.385 e. The first kappa shape index (κ1) is 17.5. The van der Waals surface area contributed by atoms with Gasteiger partial charge < -0.3 is 15.0 Å². The van der Waals surface area contributed by atoms with Gasteiger partial charge in [-0.1, -0.05) is 6.92 Å². The summed E-state index contributed by atoms with van der Waals surface area (Å²) in [7, 11) is 0. The van der Waals surface area contributed by atoms with Crippen molar-refractivity contribution in [1.29, 1.82) is 0 Å². The Morgan fingerprint density at radius 3 is 2.62 bits per heavy atom. The summed E-state index contributed by atoms with van der Waals surface area (Å²) in [6.45, 7) is 11.7. The van der Waals surface area contributed by atoms with Gasteiger partial charge in [0, 0.05) is 37.5 Å². The molecule has 0 unspecified atom stereocenters. The van der Waals surface area contributed by atoms with E-state index in [1.54, 1.807) is 0 Å². The Bertz CT molecular complexity index is 446. The lowest BCUT2D eigenvalue weighted by Crippen LogP contribution is -2.33. The summed E-state index contributed by atoms with van der Waals surface area (Å²) in [6, 6.07) is 5.86. The number of ether oxygens (including phenoxy) is 1. The molecule has 0 aliphatic carbocycles. The van der Waals surface area contributed by atoms with Crippen molar-refractivity contribution in [3.63, 3.8) is 0 Å². The molecule has 1 N–H and O–H groups in total. The second-order valence-corrected chi connectivity index (χ2v) is 5.04. The van der Waals surface area contributed by atoms with Crippen LogP contribution in [0.4, 0.5) is 5.69 Å². The number of amides is 1. The van der Waals surface area contributed by atoms with Crippen molar-refractivity contribution in [1.82, 2.24) is 4.90 Å². The minimum Gasteiger partial charge on any atom is -0.385 e. The molecule has 0 saturated heterocycles. The molecule has 0 spiro atoms. The molecule has 0 atom stereocenters. The van der Waals surface area contributed by atoms with Crippen LogP contribution in [0, 0.1) is 6.92 Å². The Kier molecular flexibility index (Phi) is 7.83. The predicted octanol–water partition coefficient (Wildman–Crippen LogP) is 3.32. The lowest BCUT2D eigenvalue weighted by atomic mass is 10.1. The lowest BCUT2D eigenvalue weighted by Gasteiger charge is -2.21. The maximum Gasteiger partial charge on any atom is 0.253 e. The smallest absolute Gasteiger partial charge is 0.253 e. The molecule has 0 fully saturated rings. The zero-order valence-corrected chi connectivity index (χ0v) is 13.7. The van der Waals surface area contributed by atoms with Crippen molar-refractivity contribution in [3.8, 4) is 0 Å². The average Bonchev–Trinajstić information content (AvgIpc) is 2.50. The summed E-state index contributed by atoms with van der Waals surface area (Å²) in [5.74, 6) is 0.0716. The number of benzene rings is 1.